The summed E-state index contributed by atoms with van der Waals surface area (Å²) >= 11 is 0. The highest BCUT2D eigenvalue weighted by molar-refractivity contribution is 6.64. The molecule has 0 spiro atoms. The van der Waals surface area contributed by atoms with Gasteiger partial charge < -0.3 is 0 Å². The quantitative estimate of drug-likeness (QED) is 0.605. The van der Waals surface area contributed by atoms with Crippen LogP contribution >= 0.6 is 0 Å². The van der Waals surface area contributed by atoms with E-state index < -0.39 is 6.03 Å². The van der Waals surface area contributed by atoms with Gasteiger partial charge in [-0.05, 0) is 6.42 Å². The van der Waals surface area contributed by atoms with Gasteiger partial charge in [-0.25, -0.2) is 4.79 Å². The molecule has 0 radical (unpaired) electrons. The van der Waals surface area contributed by atoms with Gasteiger partial charge in [-0.2, -0.15) is 9.98 Å². The molecule has 0 saturated carbocycles. The lowest BCUT2D eigenvalue weighted by atomic mass is 10.2. The number of nitrogens with zero attached hydrogens (tertiary/aromatic N) is 2. The smallest absolute Gasteiger partial charge is 0.292 e. The fourth-order valence-corrected chi connectivity index (χ4v) is 0.767. The number of carbonyl (C=O) groups excluding carboxylic acids is 2. The lowest BCUT2D eigenvalue weighted by Crippen LogP contribution is -2.12. The van der Waals surface area contributed by atoms with Crippen molar-refractivity contribution >= 4 is 23.7 Å². The van der Waals surface area contributed by atoms with E-state index in [0.717, 1.165) is 6.42 Å². The van der Waals surface area contributed by atoms with Crippen LogP contribution < -0.4 is 0 Å². The third-order valence-corrected chi connectivity index (χ3v) is 1.28. The average Bonchev–Trinajstić information content (AvgIpc) is 2.36. The summed E-state index contributed by atoms with van der Waals surface area (Å²) in [4.78, 5) is 28.2. The van der Waals surface area contributed by atoms with Gasteiger partial charge >= 0.3 is 6.03 Å². The van der Waals surface area contributed by atoms with Crippen molar-refractivity contribution in [2.24, 2.45) is 9.98 Å². The molecule has 0 aromatic carbocycles. The van der Waals surface area contributed by atoms with E-state index in [1.165, 1.54) is 6.21 Å². The normalized spacial score (nSPS) is 15.4. The summed E-state index contributed by atoms with van der Waals surface area (Å²) in [7, 11) is 0. The maximum atomic E-state index is 11.0. The van der Waals surface area contributed by atoms with Crippen LogP contribution in [-0.2, 0) is 4.79 Å². The highest BCUT2D eigenvalue weighted by atomic mass is 16.2. The number of hydrogen-bond acceptors (Lipinski definition) is 2. The Hall–Kier alpha value is -1.32. The molecule has 58 valence electrons. The summed E-state index contributed by atoms with van der Waals surface area (Å²) in [5.74, 6) is -0.109. The maximum absolute atomic E-state index is 11.0. The molecule has 11 heavy (non-hydrogen) atoms. The van der Waals surface area contributed by atoms with Gasteiger partial charge in [0.1, 0.15) is 5.71 Å². The first kappa shape index (κ1) is 7.78. The summed E-state index contributed by atoms with van der Waals surface area (Å²) in [6.45, 7) is 1.90. The van der Waals surface area contributed by atoms with Crippen LogP contribution in [0.25, 0.3) is 0 Å². The second kappa shape index (κ2) is 3.18. The Kier molecular flexibility index (Phi) is 2.25. The largest absolute Gasteiger partial charge is 0.367 e. The van der Waals surface area contributed by atoms with Gasteiger partial charge in [0.15, 0.2) is 5.78 Å². The molecule has 1 aliphatic rings. The number of urea groups is 1. The Bertz CT molecular complexity index is 253. The minimum absolute atomic E-state index is 0.109. The predicted octanol–water partition coefficient (Wildman–Crippen LogP) is 1.00. The Balaban J connectivity index is 2.63. The Morgan fingerprint density at radius 1 is 1.64 bits per heavy atom. The van der Waals surface area contributed by atoms with Gasteiger partial charge in [-0.15, -0.1) is 0 Å². The minimum Gasteiger partial charge on any atom is -0.292 e. The van der Waals surface area contributed by atoms with Crippen LogP contribution in [0.2, 0.25) is 0 Å². The number of amides is 2. The van der Waals surface area contributed by atoms with E-state index >= 15 is 0 Å². The molecule has 4 heteroatoms. The van der Waals surface area contributed by atoms with E-state index in [2.05, 4.69) is 9.98 Å². The molecule has 0 aromatic heterocycles. The van der Waals surface area contributed by atoms with Crippen LogP contribution in [0.15, 0.2) is 9.98 Å². The molecule has 0 aromatic rings. The van der Waals surface area contributed by atoms with E-state index in [-0.39, 0.29) is 11.5 Å². The first-order valence-electron chi connectivity index (χ1n) is 3.44. The van der Waals surface area contributed by atoms with Crippen LogP contribution in [0.3, 0.4) is 0 Å². The van der Waals surface area contributed by atoms with Crippen molar-refractivity contribution in [2.45, 2.75) is 19.8 Å². The highest BCUT2D eigenvalue weighted by Crippen LogP contribution is 1.97. The van der Waals surface area contributed by atoms with Crippen molar-refractivity contribution in [1.29, 1.82) is 0 Å². The standard InChI is InChI=1S/C7H8N2O2/c1-2-3-6(10)5-4-8-7(11)9-5/h4H,2-3H2,1H3. The lowest BCUT2D eigenvalue weighted by molar-refractivity contribution is -0.112. The number of aliphatic imine (C=N–C) groups is 2. The third-order valence-electron chi connectivity index (χ3n) is 1.28. The molecule has 0 unspecified atom stereocenters. The number of ketones is 1. The van der Waals surface area contributed by atoms with Gasteiger partial charge in [0.2, 0.25) is 0 Å². The molecular weight excluding hydrogens is 144 g/mol. The fourth-order valence-electron chi connectivity index (χ4n) is 0.767. The van der Waals surface area contributed by atoms with Crippen molar-refractivity contribution in [3.8, 4) is 0 Å². The van der Waals surface area contributed by atoms with E-state index in [0.29, 0.717) is 6.42 Å². The molecule has 1 aliphatic heterocycles. The van der Waals surface area contributed by atoms with E-state index in [9.17, 15) is 9.59 Å². The number of hydrogen-bond donors (Lipinski definition) is 0. The molecular formula is C7H8N2O2. The molecule has 0 bridgehead atoms. The van der Waals surface area contributed by atoms with E-state index in [4.69, 9.17) is 0 Å². The topological polar surface area (TPSA) is 58.9 Å². The Morgan fingerprint density at radius 3 is 2.82 bits per heavy atom. The first-order chi connectivity index (χ1) is 5.24. The molecule has 2 amide bonds. The molecule has 0 saturated heterocycles. The predicted molar refractivity (Wildman–Crippen MR) is 41.2 cm³/mol. The molecule has 0 atom stereocenters. The summed E-state index contributed by atoms with van der Waals surface area (Å²) in [5.41, 5.74) is 0.192. The van der Waals surface area contributed by atoms with Gasteiger partial charge in [0, 0.05) is 6.42 Å². The van der Waals surface area contributed by atoms with Gasteiger partial charge in [-0.3, -0.25) is 4.79 Å². The molecule has 0 fully saturated rings. The summed E-state index contributed by atoms with van der Waals surface area (Å²) in [5, 5.41) is 0. The molecule has 0 aliphatic carbocycles. The van der Waals surface area contributed by atoms with Crippen molar-refractivity contribution in [2.75, 3.05) is 0 Å². The third kappa shape index (κ3) is 1.80. The Morgan fingerprint density at radius 2 is 2.36 bits per heavy atom. The SMILES string of the molecule is CCCC(=O)C1=NC(=O)N=C1. The zero-order chi connectivity index (χ0) is 8.27. The summed E-state index contributed by atoms with van der Waals surface area (Å²) in [6, 6.07) is -0.579. The number of Topliss-reactive ketones (excluding diaryl/α,β-unsaturated/α-hetero) is 1. The van der Waals surface area contributed by atoms with Crippen molar-refractivity contribution in [1.82, 2.24) is 0 Å². The molecule has 1 rings (SSSR count). The van der Waals surface area contributed by atoms with Crippen molar-refractivity contribution < 1.29 is 9.59 Å². The van der Waals surface area contributed by atoms with Crippen molar-refractivity contribution in [3.05, 3.63) is 0 Å². The molecule has 0 N–H and O–H groups in total. The monoisotopic (exact) mass is 152 g/mol. The van der Waals surface area contributed by atoms with Crippen LogP contribution in [0, 0.1) is 0 Å². The van der Waals surface area contributed by atoms with Gasteiger partial charge in [0.05, 0.1) is 6.21 Å². The number of rotatable bonds is 3. The molecule has 1 heterocycles. The maximum Gasteiger partial charge on any atom is 0.367 e. The van der Waals surface area contributed by atoms with Crippen molar-refractivity contribution in [3.63, 3.8) is 0 Å². The zero-order valence-corrected chi connectivity index (χ0v) is 6.20. The average molecular weight is 152 g/mol. The second-order valence-electron chi connectivity index (χ2n) is 2.21. The van der Waals surface area contributed by atoms with E-state index in [1.54, 1.807) is 0 Å². The zero-order valence-electron chi connectivity index (χ0n) is 6.20. The minimum atomic E-state index is -0.579. The Labute approximate surface area is 64.0 Å². The van der Waals surface area contributed by atoms with Gasteiger partial charge in [0.25, 0.3) is 0 Å². The van der Waals surface area contributed by atoms with Crippen LogP contribution in [0.5, 0.6) is 0 Å². The van der Waals surface area contributed by atoms with Gasteiger partial charge in [-0.1, -0.05) is 6.92 Å². The number of carbonyl (C=O) groups is 2. The summed E-state index contributed by atoms with van der Waals surface area (Å²) in [6.07, 6.45) is 2.42. The highest BCUT2D eigenvalue weighted by Gasteiger charge is 2.14. The first-order valence-corrected chi connectivity index (χ1v) is 3.44. The fraction of sp³-hybridized carbons (Fsp3) is 0.429. The van der Waals surface area contributed by atoms with E-state index in [1.807, 2.05) is 6.92 Å². The molecule has 4 nitrogen and oxygen atoms in total. The summed E-state index contributed by atoms with van der Waals surface area (Å²) < 4.78 is 0. The van der Waals surface area contributed by atoms with Crippen LogP contribution in [-0.4, -0.2) is 23.7 Å². The second-order valence-corrected chi connectivity index (χ2v) is 2.21. The lowest BCUT2D eigenvalue weighted by Gasteiger charge is -1.90. The van der Waals surface area contributed by atoms with Crippen LogP contribution in [0.1, 0.15) is 19.8 Å². The van der Waals surface area contributed by atoms with Crippen LogP contribution in [0.4, 0.5) is 4.79 Å².